The van der Waals surface area contributed by atoms with E-state index >= 15 is 0 Å². The van der Waals surface area contributed by atoms with Gasteiger partial charge in [-0.25, -0.2) is 22.0 Å². The van der Waals surface area contributed by atoms with Gasteiger partial charge in [-0.2, -0.15) is 10.1 Å². The van der Waals surface area contributed by atoms with Crippen molar-refractivity contribution in [3.05, 3.63) is 65.0 Å². The summed E-state index contributed by atoms with van der Waals surface area (Å²) in [7, 11) is 1.35. The number of rotatable bonds is 4. The minimum Gasteiger partial charge on any atom is -0.336 e. The van der Waals surface area contributed by atoms with Crippen molar-refractivity contribution in [1.82, 2.24) is 4.90 Å². The maximum atomic E-state index is 14.0. The number of carbonyl (C=O) groups is 2. The zero-order chi connectivity index (χ0) is 21.3. The van der Waals surface area contributed by atoms with Crippen LogP contribution in [0.3, 0.4) is 0 Å². The first-order chi connectivity index (χ1) is 13.7. The fourth-order valence-electron chi connectivity index (χ4n) is 2.80. The molecule has 0 N–H and O–H groups in total. The zero-order valence-corrected chi connectivity index (χ0v) is 15.1. The first-order valence-electron chi connectivity index (χ1n) is 8.43. The number of nitrogens with zero attached hydrogens (tertiary/aromatic N) is 3. The number of amides is 2. The lowest BCUT2D eigenvalue weighted by Crippen LogP contribution is -2.40. The summed E-state index contributed by atoms with van der Waals surface area (Å²) >= 11 is 0. The van der Waals surface area contributed by atoms with Crippen molar-refractivity contribution in [3.63, 3.8) is 0 Å². The fourth-order valence-corrected chi connectivity index (χ4v) is 2.80. The summed E-state index contributed by atoms with van der Waals surface area (Å²) in [4.78, 5) is 25.8. The molecule has 0 aromatic heterocycles. The van der Waals surface area contributed by atoms with Gasteiger partial charge in [-0.05, 0) is 6.07 Å². The molecule has 2 amide bonds. The Kier molecular flexibility index (Phi) is 5.62. The SMILES string of the molecule is CN(Cc1ccccc1F)C(=O)C1=NN(c2c(F)c(F)cc(F)c2F)C(=O)CC1. The lowest BCUT2D eigenvalue weighted by molar-refractivity contribution is -0.123. The minimum atomic E-state index is -1.81. The van der Waals surface area contributed by atoms with E-state index in [4.69, 9.17) is 0 Å². The van der Waals surface area contributed by atoms with Gasteiger partial charge in [0, 0.05) is 38.1 Å². The summed E-state index contributed by atoms with van der Waals surface area (Å²) in [6.45, 7) is -0.129. The Balaban J connectivity index is 1.92. The predicted molar refractivity (Wildman–Crippen MR) is 93.3 cm³/mol. The van der Waals surface area contributed by atoms with Crippen LogP contribution in [-0.4, -0.2) is 29.5 Å². The molecule has 0 spiro atoms. The largest absolute Gasteiger partial charge is 0.336 e. The molecular formula is C19H14F5N3O2. The van der Waals surface area contributed by atoms with Crippen molar-refractivity contribution in [1.29, 1.82) is 0 Å². The van der Waals surface area contributed by atoms with Gasteiger partial charge in [0.2, 0.25) is 5.91 Å². The Labute approximate surface area is 162 Å². The molecule has 0 saturated carbocycles. The Morgan fingerprint density at radius 3 is 2.28 bits per heavy atom. The van der Waals surface area contributed by atoms with Gasteiger partial charge in [-0.1, -0.05) is 18.2 Å². The summed E-state index contributed by atoms with van der Waals surface area (Å²) in [5.74, 6) is -9.25. The van der Waals surface area contributed by atoms with Crippen LogP contribution >= 0.6 is 0 Å². The van der Waals surface area contributed by atoms with Gasteiger partial charge in [0.15, 0.2) is 23.3 Å². The topological polar surface area (TPSA) is 53.0 Å². The molecule has 10 heteroatoms. The van der Waals surface area contributed by atoms with Gasteiger partial charge >= 0.3 is 0 Å². The number of benzene rings is 2. The summed E-state index contributed by atoms with van der Waals surface area (Å²) in [6.07, 6.45) is -0.522. The Bertz CT molecular complexity index is 999. The number of hydrogen-bond acceptors (Lipinski definition) is 3. The highest BCUT2D eigenvalue weighted by atomic mass is 19.2. The second kappa shape index (κ2) is 7.98. The number of anilines is 1. The van der Waals surface area contributed by atoms with E-state index < -0.39 is 46.6 Å². The molecule has 0 unspecified atom stereocenters. The van der Waals surface area contributed by atoms with E-state index in [-0.39, 0.29) is 41.7 Å². The summed E-state index contributed by atoms with van der Waals surface area (Å²) < 4.78 is 68.8. The van der Waals surface area contributed by atoms with Crippen molar-refractivity contribution >= 4 is 23.2 Å². The molecule has 0 radical (unpaired) electrons. The number of hydrogen-bond donors (Lipinski definition) is 0. The van der Waals surface area contributed by atoms with Crippen LogP contribution in [0.2, 0.25) is 0 Å². The van der Waals surface area contributed by atoms with E-state index in [1.54, 1.807) is 6.07 Å². The van der Waals surface area contributed by atoms with Crippen LogP contribution in [0.25, 0.3) is 0 Å². The molecular weight excluding hydrogens is 397 g/mol. The van der Waals surface area contributed by atoms with Crippen LogP contribution in [-0.2, 0) is 16.1 Å². The molecule has 152 valence electrons. The van der Waals surface area contributed by atoms with E-state index in [0.29, 0.717) is 0 Å². The average Bonchev–Trinajstić information content (AvgIpc) is 2.69. The molecule has 0 aliphatic carbocycles. The fraction of sp³-hybridized carbons (Fsp3) is 0.211. The van der Waals surface area contributed by atoms with Gasteiger partial charge in [-0.3, -0.25) is 9.59 Å². The zero-order valence-electron chi connectivity index (χ0n) is 15.1. The van der Waals surface area contributed by atoms with Crippen molar-refractivity contribution in [2.75, 3.05) is 12.1 Å². The van der Waals surface area contributed by atoms with Crippen LogP contribution in [0, 0.1) is 29.1 Å². The summed E-state index contributed by atoms with van der Waals surface area (Å²) in [5, 5.41) is 3.77. The van der Waals surface area contributed by atoms with Crippen molar-refractivity contribution in [3.8, 4) is 0 Å². The van der Waals surface area contributed by atoms with E-state index in [1.165, 1.54) is 25.2 Å². The Hall–Kier alpha value is -3.30. The van der Waals surface area contributed by atoms with Gasteiger partial charge < -0.3 is 4.90 Å². The Morgan fingerprint density at radius 1 is 1.03 bits per heavy atom. The van der Waals surface area contributed by atoms with Gasteiger partial charge in [0.1, 0.15) is 17.2 Å². The first-order valence-corrected chi connectivity index (χ1v) is 8.43. The highest BCUT2D eigenvalue weighted by molar-refractivity contribution is 6.40. The molecule has 3 rings (SSSR count). The minimum absolute atomic E-state index is 0.000547. The van der Waals surface area contributed by atoms with Gasteiger partial charge in [0.25, 0.3) is 5.91 Å². The average molecular weight is 411 g/mol. The second-order valence-corrected chi connectivity index (χ2v) is 6.32. The second-order valence-electron chi connectivity index (χ2n) is 6.32. The molecule has 0 bridgehead atoms. The van der Waals surface area contributed by atoms with Crippen LogP contribution in [0.4, 0.5) is 27.6 Å². The van der Waals surface area contributed by atoms with Crippen LogP contribution in [0.1, 0.15) is 18.4 Å². The lowest BCUT2D eigenvalue weighted by atomic mass is 10.1. The highest BCUT2D eigenvalue weighted by Gasteiger charge is 2.33. The maximum absolute atomic E-state index is 14.0. The summed E-state index contributed by atoms with van der Waals surface area (Å²) in [6, 6.07) is 5.75. The molecule has 1 aliphatic rings. The smallest absolute Gasteiger partial charge is 0.270 e. The predicted octanol–water partition coefficient (Wildman–Crippen LogP) is 3.52. The number of halogens is 5. The van der Waals surface area contributed by atoms with Crippen LogP contribution in [0.5, 0.6) is 0 Å². The van der Waals surface area contributed by atoms with Crippen LogP contribution < -0.4 is 5.01 Å². The lowest BCUT2D eigenvalue weighted by Gasteiger charge is -2.26. The van der Waals surface area contributed by atoms with E-state index in [9.17, 15) is 31.5 Å². The standard InChI is InChI=1S/C19H14F5N3O2/c1-26(9-10-4-2-3-5-11(10)20)19(29)14-6-7-15(28)27(25-14)18-16(23)12(21)8-13(22)17(18)24/h2-5,8H,6-7,9H2,1H3. The molecule has 0 saturated heterocycles. The van der Waals surface area contributed by atoms with Crippen molar-refractivity contribution in [2.24, 2.45) is 5.10 Å². The van der Waals surface area contributed by atoms with Crippen LogP contribution in [0.15, 0.2) is 35.4 Å². The molecule has 1 heterocycles. The van der Waals surface area contributed by atoms with Gasteiger partial charge in [0.05, 0.1) is 0 Å². The summed E-state index contributed by atoms with van der Waals surface area (Å²) in [5.41, 5.74) is -1.39. The molecule has 29 heavy (non-hydrogen) atoms. The van der Waals surface area contributed by atoms with E-state index in [1.807, 2.05) is 0 Å². The normalized spacial score (nSPS) is 14.1. The number of hydrazone groups is 1. The third-order valence-corrected chi connectivity index (χ3v) is 4.29. The highest BCUT2D eigenvalue weighted by Crippen LogP contribution is 2.30. The molecule has 1 aliphatic heterocycles. The van der Waals surface area contributed by atoms with Crippen molar-refractivity contribution in [2.45, 2.75) is 19.4 Å². The molecule has 2 aromatic carbocycles. The first kappa shape index (κ1) is 20.4. The van der Waals surface area contributed by atoms with E-state index in [2.05, 4.69) is 5.10 Å². The molecule has 5 nitrogen and oxygen atoms in total. The molecule has 0 fully saturated rings. The third-order valence-electron chi connectivity index (χ3n) is 4.29. The molecule has 0 atom stereocenters. The maximum Gasteiger partial charge on any atom is 0.270 e. The quantitative estimate of drug-likeness (QED) is 0.571. The molecule has 2 aromatic rings. The third kappa shape index (κ3) is 3.96. The monoisotopic (exact) mass is 411 g/mol. The van der Waals surface area contributed by atoms with E-state index in [0.717, 1.165) is 4.90 Å². The Morgan fingerprint density at radius 2 is 1.66 bits per heavy atom. The van der Waals surface area contributed by atoms with Gasteiger partial charge in [-0.15, -0.1) is 0 Å². The van der Waals surface area contributed by atoms with Crippen molar-refractivity contribution < 1.29 is 31.5 Å². The number of carbonyl (C=O) groups excluding carboxylic acids is 2.